The summed E-state index contributed by atoms with van der Waals surface area (Å²) in [6.45, 7) is 0.181. The summed E-state index contributed by atoms with van der Waals surface area (Å²) < 4.78 is 5.09. The SMILES string of the molecule is C#CCOc1cc[c]c(Cl)c1Cl. The van der Waals surface area contributed by atoms with Crippen molar-refractivity contribution in [3.05, 3.63) is 28.2 Å². The van der Waals surface area contributed by atoms with Crippen molar-refractivity contribution in [3.8, 4) is 18.1 Å². The van der Waals surface area contributed by atoms with Crippen molar-refractivity contribution in [2.24, 2.45) is 0 Å². The second kappa shape index (κ2) is 4.25. The van der Waals surface area contributed by atoms with Crippen LogP contribution in [0.15, 0.2) is 12.1 Å². The fourth-order valence-electron chi connectivity index (χ4n) is 0.666. The predicted molar refractivity (Wildman–Crippen MR) is 49.6 cm³/mol. The van der Waals surface area contributed by atoms with Crippen LogP contribution in [-0.2, 0) is 0 Å². The summed E-state index contributed by atoms with van der Waals surface area (Å²) >= 11 is 11.4. The zero-order chi connectivity index (χ0) is 8.97. The van der Waals surface area contributed by atoms with E-state index in [0.29, 0.717) is 15.8 Å². The summed E-state index contributed by atoms with van der Waals surface area (Å²) in [5.74, 6) is 2.81. The van der Waals surface area contributed by atoms with Gasteiger partial charge in [0.05, 0.1) is 5.02 Å². The molecular formula is C9H5Cl2O. The molecule has 12 heavy (non-hydrogen) atoms. The van der Waals surface area contributed by atoms with Crippen LogP contribution in [0.2, 0.25) is 10.0 Å². The van der Waals surface area contributed by atoms with Crippen LogP contribution >= 0.6 is 23.2 Å². The maximum atomic E-state index is 5.77. The average molecular weight is 200 g/mol. The van der Waals surface area contributed by atoms with Gasteiger partial charge >= 0.3 is 0 Å². The fraction of sp³-hybridized carbons (Fsp3) is 0.111. The van der Waals surface area contributed by atoms with E-state index in [-0.39, 0.29) is 6.61 Å². The first-order chi connectivity index (χ1) is 5.75. The van der Waals surface area contributed by atoms with Crippen LogP contribution in [0.3, 0.4) is 0 Å². The Hall–Kier alpha value is -0.840. The number of ether oxygens (including phenoxy) is 1. The quantitative estimate of drug-likeness (QED) is 0.667. The average Bonchev–Trinajstić information content (AvgIpc) is 2.08. The van der Waals surface area contributed by atoms with Gasteiger partial charge in [-0.1, -0.05) is 29.1 Å². The lowest BCUT2D eigenvalue weighted by atomic mass is 10.3. The van der Waals surface area contributed by atoms with E-state index in [1.54, 1.807) is 12.1 Å². The molecule has 0 unspecified atom stereocenters. The van der Waals surface area contributed by atoms with E-state index in [1.165, 1.54) is 0 Å². The Labute approximate surface area is 81.2 Å². The second-order valence-corrected chi connectivity index (χ2v) is 2.72. The van der Waals surface area contributed by atoms with E-state index < -0.39 is 0 Å². The molecule has 1 radical (unpaired) electrons. The molecule has 0 N–H and O–H groups in total. The molecule has 0 saturated heterocycles. The highest BCUT2D eigenvalue weighted by molar-refractivity contribution is 6.42. The minimum absolute atomic E-state index is 0.181. The summed E-state index contributed by atoms with van der Waals surface area (Å²) in [7, 11) is 0. The molecule has 3 heteroatoms. The van der Waals surface area contributed by atoms with Crippen LogP contribution in [-0.4, -0.2) is 6.61 Å². The molecule has 61 valence electrons. The first kappa shape index (κ1) is 9.25. The maximum Gasteiger partial charge on any atom is 0.148 e. The summed E-state index contributed by atoms with van der Waals surface area (Å²) in [6.07, 6.45) is 5.01. The Bertz CT molecular complexity index is 315. The molecule has 0 aromatic heterocycles. The maximum absolute atomic E-state index is 5.77. The molecule has 0 aliphatic carbocycles. The van der Waals surface area contributed by atoms with Gasteiger partial charge in [-0.05, 0) is 12.1 Å². The van der Waals surface area contributed by atoms with Crippen molar-refractivity contribution in [3.63, 3.8) is 0 Å². The second-order valence-electron chi connectivity index (χ2n) is 1.96. The van der Waals surface area contributed by atoms with Gasteiger partial charge in [0.15, 0.2) is 0 Å². The number of hydrogen-bond acceptors (Lipinski definition) is 1. The Morgan fingerprint density at radius 2 is 2.33 bits per heavy atom. The van der Waals surface area contributed by atoms with Gasteiger partial charge in [-0.25, -0.2) is 0 Å². The summed E-state index contributed by atoms with van der Waals surface area (Å²) in [5, 5.41) is 0.681. The van der Waals surface area contributed by atoms with Crippen molar-refractivity contribution < 1.29 is 4.74 Å². The molecule has 0 saturated carbocycles. The molecule has 0 aliphatic rings. The minimum atomic E-state index is 0.181. The minimum Gasteiger partial charge on any atom is -0.479 e. The molecule has 0 atom stereocenters. The van der Waals surface area contributed by atoms with Crippen LogP contribution < -0.4 is 4.74 Å². The smallest absolute Gasteiger partial charge is 0.148 e. The van der Waals surface area contributed by atoms with Crippen molar-refractivity contribution in [1.29, 1.82) is 0 Å². The van der Waals surface area contributed by atoms with Crippen LogP contribution in [0.1, 0.15) is 0 Å². The number of hydrogen-bond donors (Lipinski definition) is 0. The molecule has 0 bridgehead atoms. The molecule has 0 amide bonds. The molecule has 1 nitrogen and oxygen atoms in total. The summed E-state index contributed by atoms with van der Waals surface area (Å²) in [5.41, 5.74) is 0. The molecule has 0 heterocycles. The van der Waals surface area contributed by atoms with Gasteiger partial charge in [0, 0.05) is 6.07 Å². The normalized spacial score (nSPS) is 9.08. The highest BCUT2D eigenvalue weighted by atomic mass is 35.5. The predicted octanol–water partition coefficient (Wildman–Crippen LogP) is 2.81. The third-order valence-electron chi connectivity index (χ3n) is 1.16. The van der Waals surface area contributed by atoms with Crippen molar-refractivity contribution >= 4 is 23.2 Å². The number of rotatable bonds is 2. The van der Waals surface area contributed by atoms with E-state index in [4.69, 9.17) is 34.4 Å². The zero-order valence-corrected chi connectivity index (χ0v) is 7.62. The highest BCUT2D eigenvalue weighted by Crippen LogP contribution is 2.30. The molecular weight excluding hydrogens is 195 g/mol. The van der Waals surface area contributed by atoms with Gasteiger partial charge in [0.25, 0.3) is 0 Å². The Balaban J connectivity index is 2.86. The first-order valence-electron chi connectivity index (χ1n) is 3.17. The number of benzene rings is 1. The van der Waals surface area contributed by atoms with Crippen molar-refractivity contribution in [2.75, 3.05) is 6.61 Å². The van der Waals surface area contributed by atoms with Gasteiger partial charge < -0.3 is 4.74 Å². The van der Waals surface area contributed by atoms with Crippen LogP contribution in [0, 0.1) is 18.4 Å². The van der Waals surface area contributed by atoms with Gasteiger partial charge in [-0.2, -0.15) is 0 Å². The Morgan fingerprint density at radius 3 is 3.00 bits per heavy atom. The molecule has 0 aliphatic heterocycles. The van der Waals surface area contributed by atoms with E-state index in [2.05, 4.69) is 12.0 Å². The lowest BCUT2D eigenvalue weighted by Crippen LogP contribution is -1.93. The Morgan fingerprint density at radius 1 is 1.58 bits per heavy atom. The summed E-state index contributed by atoms with van der Waals surface area (Å²) in [4.78, 5) is 0. The van der Waals surface area contributed by atoms with Crippen LogP contribution in [0.25, 0.3) is 0 Å². The molecule has 0 spiro atoms. The third-order valence-corrected chi connectivity index (χ3v) is 1.93. The molecule has 1 rings (SSSR count). The zero-order valence-electron chi connectivity index (χ0n) is 6.10. The van der Waals surface area contributed by atoms with Crippen LogP contribution in [0.5, 0.6) is 5.75 Å². The first-order valence-corrected chi connectivity index (χ1v) is 3.93. The van der Waals surface area contributed by atoms with Gasteiger partial charge in [-0.3, -0.25) is 0 Å². The molecule has 1 aromatic rings. The van der Waals surface area contributed by atoms with Crippen molar-refractivity contribution in [2.45, 2.75) is 0 Å². The highest BCUT2D eigenvalue weighted by Gasteiger charge is 2.03. The van der Waals surface area contributed by atoms with Crippen LogP contribution in [0.4, 0.5) is 0 Å². The fourth-order valence-corrected chi connectivity index (χ4v) is 0.994. The molecule has 0 fully saturated rings. The summed E-state index contributed by atoms with van der Waals surface area (Å²) in [6, 6.07) is 6.00. The lowest BCUT2D eigenvalue weighted by Gasteiger charge is -2.04. The van der Waals surface area contributed by atoms with Gasteiger partial charge in [0.1, 0.15) is 17.4 Å². The molecule has 1 aromatic carbocycles. The van der Waals surface area contributed by atoms with E-state index in [1.807, 2.05) is 0 Å². The van der Waals surface area contributed by atoms with E-state index in [9.17, 15) is 0 Å². The van der Waals surface area contributed by atoms with E-state index in [0.717, 1.165) is 0 Å². The standard InChI is InChI=1S/C9H5Cl2O/c1-2-6-12-8-5-3-4-7(10)9(8)11/h1,3,5H,6H2. The van der Waals surface area contributed by atoms with Gasteiger partial charge in [0.2, 0.25) is 0 Å². The lowest BCUT2D eigenvalue weighted by molar-refractivity contribution is 0.370. The largest absolute Gasteiger partial charge is 0.479 e. The van der Waals surface area contributed by atoms with Crippen molar-refractivity contribution in [1.82, 2.24) is 0 Å². The third kappa shape index (κ3) is 2.07. The number of halogens is 2. The number of terminal acetylenes is 1. The van der Waals surface area contributed by atoms with Gasteiger partial charge in [-0.15, -0.1) is 6.42 Å². The van der Waals surface area contributed by atoms with E-state index >= 15 is 0 Å². The Kier molecular flexibility index (Phi) is 3.28. The topological polar surface area (TPSA) is 9.23 Å². The monoisotopic (exact) mass is 199 g/mol.